The summed E-state index contributed by atoms with van der Waals surface area (Å²) in [7, 11) is 0. The number of fused-ring (bicyclic) bond motifs is 1. The minimum atomic E-state index is 0.587. The summed E-state index contributed by atoms with van der Waals surface area (Å²) in [6.45, 7) is 0. The van der Waals surface area contributed by atoms with E-state index in [0.717, 1.165) is 11.1 Å². The van der Waals surface area contributed by atoms with Gasteiger partial charge in [0.05, 0.1) is 11.8 Å². The second-order valence-electron chi connectivity index (χ2n) is 3.64. The van der Waals surface area contributed by atoms with Gasteiger partial charge in [-0.05, 0) is 12.1 Å². The molecule has 0 fully saturated rings. The molecule has 0 radical (unpaired) electrons. The van der Waals surface area contributed by atoms with Crippen molar-refractivity contribution in [3.05, 3.63) is 66.0 Å². The lowest BCUT2D eigenvalue weighted by Gasteiger charge is -2.08. The molecule has 82 valence electrons. The molecule has 1 aliphatic heterocycles. The van der Waals surface area contributed by atoms with Crippen molar-refractivity contribution in [3.63, 3.8) is 0 Å². The maximum Gasteiger partial charge on any atom is 0.228 e. The average molecular weight is 222 g/mol. The van der Waals surface area contributed by atoms with Crippen molar-refractivity contribution in [2.24, 2.45) is 4.99 Å². The largest absolute Gasteiger partial charge is 0.436 e. The van der Waals surface area contributed by atoms with Crippen LogP contribution in [0, 0.1) is 0 Å². The normalized spacial score (nSPS) is 13.3. The van der Waals surface area contributed by atoms with Gasteiger partial charge < -0.3 is 4.74 Å². The topological polar surface area (TPSA) is 34.5 Å². The third-order valence-corrected chi connectivity index (χ3v) is 2.47. The Labute approximate surface area is 99.1 Å². The monoisotopic (exact) mass is 222 g/mol. The van der Waals surface area contributed by atoms with E-state index >= 15 is 0 Å². The molecule has 17 heavy (non-hydrogen) atoms. The van der Waals surface area contributed by atoms with E-state index in [4.69, 9.17) is 4.74 Å². The Kier molecular flexibility index (Phi) is 2.43. The van der Waals surface area contributed by atoms with Gasteiger partial charge in [0, 0.05) is 18.0 Å². The molecule has 0 unspecified atom stereocenters. The predicted molar refractivity (Wildman–Crippen MR) is 66.9 cm³/mol. The number of hydrogen-bond donors (Lipinski definition) is 0. The van der Waals surface area contributed by atoms with Crippen LogP contribution in [-0.2, 0) is 0 Å². The molecule has 1 aromatic heterocycles. The van der Waals surface area contributed by atoms with E-state index in [-0.39, 0.29) is 0 Å². The van der Waals surface area contributed by atoms with Crippen molar-refractivity contribution in [1.29, 1.82) is 0 Å². The van der Waals surface area contributed by atoms with Gasteiger partial charge in [0.15, 0.2) is 5.76 Å². The van der Waals surface area contributed by atoms with E-state index in [9.17, 15) is 0 Å². The highest BCUT2D eigenvalue weighted by molar-refractivity contribution is 5.85. The first-order valence-corrected chi connectivity index (χ1v) is 5.35. The quantitative estimate of drug-likeness (QED) is 0.743. The highest BCUT2D eigenvalue weighted by atomic mass is 16.5. The van der Waals surface area contributed by atoms with Gasteiger partial charge in [0.25, 0.3) is 0 Å². The molecule has 2 aromatic rings. The molecule has 0 N–H and O–H groups in total. The molecule has 3 nitrogen and oxygen atoms in total. The number of hydrogen-bond acceptors (Lipinski definition) is 3. The summed E-state index contributed by atoms with van der Waals surface area (Å²) in [6, 6.07) is 13.6. The molecule has 0 aliphatic carbocycles. The van der Waals surface area contributed by atoms with Crippen molar-refractivity contribution in [2.45, 2.75) is 0 Å². The third-order valence-electron chi connectivity index (χ3n) is 2.47. The van der Waals surface area contributed by atoms with Crippen LogP contribution < -0.4 is 4.74 Å². The van der Waals surface area contributed by atoms with Crippen LogP contribution in [0.1, 0.15) is 11.1 Å². The van der Waals surface area contributed by atoms with E-state index in [1.807, 2.05) is 42.5 Å². The van der Waals surface area contributed by atoms with Gasteiger partial charge in [-0.15, -0.1) is 0 Å². The maximum absolute atomic E-state index is 5.77. The fourth-order valence-corrected chi connectivity index (χ4v) is 1.64. The van der Waals surface area contributed by atoms with E-state index in [1.54, 1.807) is 18.6 Å². The molecule has 0 bridgehead atoms. The number of pyridine rings is 1. The van der Waals surface area contributed by atoms with Crippen molar-refractivity contribution in [1.82, 2.24) is 4.98 Å². The lowest BCUT2D eigenvalue weighted by molar-refractivity contribution is 0.493. The molecule has 0 spiro atoms. The van der Waals surface area contributed by atoms with Crippen LogP contribution >= 0.6 is 0 Å². The Bertz CT molecular complexity index is 588. The standard InChI is InChI=1S/C14H10N2O/c1-2-5-11(6-3-1)13-10-15-9-12-7-4-8-16-14(12)17-13/h1-10H. The van der Waals surface area contributed by atoms with Crippen LogP contribution in [0.5, 0.6) is 5.88 Å². The first-order chi connectivity index (χ1) is 8.43. The summed E-state index contributed by atoms with van der Waals surface area (Å²) in [4.78, 5) is 8.42. The molecule has 0 atom stereocenters. The molecule has 1 aromatic carbocycles. The van der Waals surface area contributed by atoms with Crippen LogP contribution in [0.15, 0.2) is 59.9 Å². The van der Waals surface area contributed by atoms with Crippen LogP contribution in [0.4, 0.5) is 0 Å². The lowest BCUT2D eigenvalue weighted by atomic mass is 10.2. The number of benzene rings is 1. The first-order valence-electron chi connectivity index (χ1n) is 5.35. The molecule has 3 heteroatoms. The van der Waals surface area contributed by atoms with E-state index in [1.165, 1.54) is 0 Å². The number of ether oxygens (including phenoxy) is 1. The van der Waals surface area contributed by atoms with E-state index in [0.29, 0.717) is 11.6 Å². The zero-order chi connectivity index (χ0) is 11.5. The predicted octanol–water partition coefficient (Wildman–Crippen LogP) is 2.89. The summed E-state index contributed by atoms with van der Waals surface area (Å²) in [5, 5.41) is 0. The SMILES string of the molecule is C1=NC=C(c2ccccc2)Oc2ncccc21. The molecule has 0 saturated carbocycles. The van der Waals surface area contributed by atoms with E-state index in [2.05, 4.69) is 9.98 Å². The van der Waals surface area contributed by atoms with Crippen LogP contribution in [0.25, 0.3) is 5.76 Å². The van der Waals surface area contributed by atoms with Gasteiger partial charge in [0.2, 0.25) is 5.88 Å². The Morgan fingerprint density at radius 3 is 2.71 bits per heavy atom. The smallest absolute Gasteiger partial charge is 0.228 e. The van der Waals surface area contributed by atoms with Gasteiger partial charge in [-0.1, -0.05) is 30.3 Å². The van der Waals surface area contributed by atoms with Gasteiger partial charge in [-0.3, -0.25) is 4.99 Å². The van der Waals surface area contributed by atoms with Crippen molar-refractivity contribution in [3.8, 4) is 5.88 Å². The molecular formula is C14H10N2O. The highest BCUT2D eigenvalue weighted by Gasteiger charge is 2.10. The Morgan fingerprint density at radius 1 is 0.941 bits per heavy atom. The number of nitrogens with zero attached hydrogens (tertiary/aromatic N) is 2. The zero-order valence-electron chi connectivity index (χ0n) is 9.08. The van der Waals surface area contributed by atoms with Crippen molar-refractivity contribution in [2.75, 3.05) is 0 Å². The Hall–Kier alpha value is -2.42. The summed E-state index contributed by atoms with van der Waals surface area (Å²) >= 11 is 0. The third kappa shape index (κ3) is 1.95. The molecule has 0 amide bonds. The Balaban J connectivity index is 2.02. The molecule has 2 heterocycles. The van der Waals surface area contributed by atoms with Crippen molar-refractivity contribution < 1.29 is 4.74 Å². The number of aliphatic imine (C=N–C) groups is 1. The fraction of sp³-hybridized carbons (Fsp3) is 0. The highest BCUT2D eigenvalue weighted by Crippen LogP contribution is 2.23. The summed E-state index contributed by atoms with van der Waals surface area (Å²) in [6.07, 6.45) is 5.16. The first kappa shape index (κ1) is 9.78. The molecule has 3 rings (SSSR count). The fourth-order valence-electron chi connectivity index (χ4n) is 1.64. The maximum atomic E-state index is 5.77. The van der Waals surface area contributed by atoms with Crippen LogP contribution in [0.3, 0.4) is 0 Å². The van der Waals surface area contributed by atoms with Crippen LogP contribution in [0.2, 0.25) is 0 Å². The summed E-state index contributed by atoms with van der Waals surface area (Å²) in [5.74, 6) is 1.29. The summed E-state index contributed by atoms with van der Waals surface area (Å²) < 4.78 is 5.77. The molecule has 1 aliphatic rings. The van der Waals surface area contributed by atoms with Gasteiger partial charge >= 0.3 is 0 Å². The van der Waals surface area contributed by atoms with Crippen molar-refractivity contribution >= 4 is 12.0 Å². The van der Waals surface area contributed by atoms with Gasteiger partial charge in [0.1, 0.15) is 0 Å². The van der Waals surface area contributed by atoms with Gasteiger partial charge in [-0.2, -0.15) is 0 Å². The number of rotatable bonds is 1. The lowest BCUT2D eigenvalue weighted by Crippen LogP contribution is -1.97. The van der Waals surface area contributed by atoms with Gasteiger partial charge in [-0.25, -0.2) is 4.98 Å². The second-order valence-corrected chi connectivity index (χ2v) is 3.64. The second kappa shape index (κ2) is 4.22. The summed E-state index contributed by atoms with van der Waals surface area (Å²) in [5.41, 5.74) is 1.87. The minimum Gasteiger partial charge on any atom is -0.436 e. The number of aromatic nitrogens is 1. The van der Waals surface area contributed by atoms with E-state index < -0.39 is 0 Å². The minimum absolute atomic E-state index is 0.587. The average Bonchev–Trinajstić information content (AvgIpc) is 2.62. The molecular weight excluding hydrogens is 212 g/mol. The zero-order valence-corrected chi connectivity index (χ0v) is 9.08. The van der Waals surface area contributed by atoms with Crippen LogP contribution in [-0.4, -0.2) is 11.2 Å². The Morgan fingerprint density at radius 2 is 1.82 bits per heavy atom. The molecule has 0 saturated heterocycles.